The fourth-order valence-electron chi connectivity index (χ4n) is 1.63. The Morgan fingerprint density at radius 3 is 2.70 bits per heavy atom. The number of carbonyl (C=O) groups is 1. The van der Waals surface area contributed by atoms with Gasteiger partial charge in [0, 0.05) is 0 Å². The van der Waals surface area contributed by atoms with Gasteiger partial charge in [0.15, 0.2) is 6.35 Å². The van der Waals surface area contributed by atoms with Gasteiger partial charge < -0.3 is 19.6 Å². The van der Waals surface area contributed by atoms with Crippen LogP contribution in [0.3, 0.4) is 0 Å². The Labute approximate surface area is 133 Å². The Morgan fingerprint density at radius 1 is 1.43 bits per heavy atom. The first-order chi connectivity index (χ1) is 10.8. The highest BCUT2D eigenvalue weighted by atomic mass is 31.2. The molecule has 7 nitrogen and oxygen atoms in total. The minimum absolute atomic E-state index is 0.154. The Balaban J connectivity index is 2.88. The smallest absolute Gasteiger partial charge is 0.362 e. The summed E-state index contributed by atoms with van der Waals surface area (Å²) in [5.41, 5.74) is 1.99. The molecule has 122 valence electrons. The van der Waals surface area contributed by atoms with Crippen molar-refractivity contribution in [3.05, 3.63) is 52.6 Å². The van der Waals surface area contributed by atoms with Gasteiger partial charge in [0.1, 0.15) is 11.6 Å². The number of esters is 1. The lowest BCUT2D eigenvalue weighted by Crippen LogP contribution is -2.08. The lowest BCUT2D eigenvalue weighted by molar-refractivity contribution is -0.137. The lowest BCUT2D eigenvalue weighted by Gasteiger charge is -2.05. The first-order valence-electron chi connectivity index (χ1n) is 6.47. The van der Waals surface area contributed by atoms with Crippen molar-refractivity contribution in [3.63, 3.8) is 0 Å². The van der Waals surface area contributed by atoms with Gasteiger partial charge in [-0.15, -0.1) is 0 Å². The molecule has 0 fully saturated rings. The van der Waals surface area contributed by atoms with Crippen LogP contribution in [0.5, 0.6) is 0 Å². The van der Waals surface area contributed by atoms with Crippen LogP contribution in [0.2, 0.25) is 0 Å². The van der Waals surface area contributed by atoms with Gasteiger partial charge in [-0.1, -0.05) is 35.9 Å². The number of aryl methyl sites for hydroxylation is 1. The van der Waals surface area contributed by atoms with Crippen molar-refractivity contribution in [2.24, 2.45) is 0 Å². The molecule has 0 spiro atoms. The van der Waals surface area contributed by atoms with E-state index in [0.29, 0.717) is 5.56 Å². The van der Waals surface area contributed by atoms with E-state index in [1.54, 1.807) is 18.2 Å². The van der Waals surface area contributed by atoms with Crippen molar-refractivity contribution in [1.82, 2.24) is 0 Å². The quantitative estimate of drug-likeness (QED) is 0.237. The molecule has 0 aliphatic rings. The van der Waals surface area contributed by atoms with E-state index in [9.17, 15) is 14.5 Å². The summed E-state index contributed by atoms with van der Waals surface area (Å²) in [6, 6.07) is 7.03. The number of nitriles is 1. The number of hydrogen-bond acceptors (Lipinski definition) is 5. The number of nitrogens with zero attached hydrogens (tertiary/aromatic N) is 1. The summed E-state index contributed by atoms with van der Waals surface area (Å²) < 4.78 is 15.0. The second-order valence-corrected chi connectivity index (χ2v) is 6.22. The van der Waals surface area contributed by atoms with Crippen molar-refractivity contribution in [2.75, 3.05) is 6.35 Å². The van der Waals surface area contributed by atoms with Gasteiger partial charge in [-0.2, -0.15) is 5.26 Å². The zero-order chi connectivity index (χ0) is 17.5. The topological polar surface area (TPSA) is 128 Å². The van der Waals surface area contributed by atoms with Crippen molar-refractivity contribution in [1.29, 1.82) is 5.26 Å². The van der Waals surface area contributed by atoms with Crippen LogP contribution in [-0.2, 0) is 20.7 Å². The summed E-state index contributed by atoms with van der Waals surface area (Å²) in [6.45, 7) is 1.73. The molecule has 0 saturated heterocycles. The first-order valence-corrected chi connectivity index (χ1v) is 8.27. The molecule has 0 aromatic heterocycles. The largest absolute Gasteiger partial charge is 0.449 e. The van der Waals surface area contributed by atoms with Gasteiger partial charge in [-0.3, -0.25) is 4.57 Å². The Morgan fingerprint density at radius 2 is 2.13 bits per heavy atom. The minimum Gasteiger partial charge on any atom is -0.449 e. The van der Waals surface area contributed by atoms with Crippen LogP contribution in [0.15, 0.2) is 35.9 Å². The molecule has 1 rings (SSSR count). The van der Waals surface area contributed by atoms with E-state index in [-0.39, 0.29) is 6.61 Å². The molecule has 0 saturated carbocycles. The number of aliphatic hydroxyl groups excluding tert-OH is 1. The van der Waals surface area contributed by atoms with Crippen LogP contribution in [0.4, 0.5) is 0 Å². The highest BCUT2D eigenvalue weighted by Gasteiger charge is 2.18. The van der Waals surface area contributed by atoms with Crippen LogP contribution >= 0.6 is 7.60 Å². The third-order valence-corrected chi connectivity index (χ3v) is 3.18. The number of benzene rings is 1. The number of hydrogen-bond donors (Lipinski definition) is 3. The summed E-state index contributed by atoms with van der Waals surface area (Å²) in [5.74, 6) is -1.12. The predicted molar refractivity (Wildman–Crippen MR) is 82.8 cm³/mol. The lowest BCUT2D eigenvalue weighted by atomic mass is 10.0. The van der Waals surface area contributed by atoms with Crippen LogP contribution in [0.1, 0.15) is 16.7 Å². The van der Waals surface area contributed by atoms with Gasteiger partial charge in [-0.05, 0) is 24.1 Å². The van der Waals surface area contributed by atoms with E-state index in [2.05, 4.69) is 4.74 Å². The van der Waals surface area contributed by atoms with E-state index >= 15 is 0 Å². The van der Waals surface area contributed by atoms with Gasteiger partial charge >= 0.3 is 13.6 Å². The fraction of sp³-hybridized carbons (Fsp3) is 0.200. The molecule has 23 heavy (non-hydrogen) atoms. The number of carbonyl (C=O) groups excluding carboxylic acids is 1. The molecule has 0 bridgehead atoms. The molecule has 8 heteroatoms. The van der Waals surface area contributed by atoms with Crippen LogP contribution < -0.4 is 0 Å². The maximum atomic E-state index is 11.5. The van der Waals surface area contributed by atoms with Crippen molar-refractivity contribution in [2.45, 2.75) is 13.5 Å². The highest BCUT2D eigenvalue weighted by Crippen LogP contribution is 2.34. The average molecular weight is 337 g/mol. The Bertz CT molecular complexity index is 726. The summed E-state index contributed by atoms with van der Waals surface area (Å²) >= 11 is 0. The van der Waals surface area contributed by atoms with Crippen molar-refractivity contribution >= 4 is 19.6 Å². The summed E-state index contributed by atoms with van der Waals surface area (Å²) in [5, 5.41) is 18.1. The molecule has 1 aromatic carbocycles. The molecular formula is C15H16NO6P. The maximum absolute atomic E-state index is 11.5. The van der Waals surface area contributed by atoms with E-state index in [0.717, 1.165) is 11.1 Å². The van der Waals surface area contributed by atoms with Gasteiger partial charge in [-0.25, -0.2) is 4.79 Å². The molecule has 1 aromatic rings. The van der Waals surface area contributed by atoms with E-state index in [4.69, 9.17) is 15.0 Å². The van der Waals surface area contributed by atoms with E-state index in [1.807, 2.05) is 19.1 Å². The summed E-state index contributed by atoms with van der Waals surface area (Å²) in [7, 11) is -4.49. The number of rotatable bonds is 6. The standard InChI is InChI=1S/C15H16NO6P/c1-11-5-6-14(9-17)12(7-11)3-2-4-13(8-16)15(18)22-10-23(19,20)21/h2-7,17H,9-10H2,1H3,(H2,19,20,21)/b3-2+,13-4+. The summed E-state index contributed by atoms with van der Waals surface area (Å²) in [4.78, 5) is 28.8. The molecule has 0 unspecified atom stereocenters. The van der Waals surface area contributed by atoms with Crippen molar-refractivity contribution in [3.8, 4) is 6.07 Å². The minimum atomic E-state index is -4.49. The third kappa shape index (κ3) is 6.59. The second kappa shape index (κ2) is 8.42. The first kappa shape index (κ1) is 18.8. The maximum Gasteiger partial charge on any atom is 0.362 e. The van der Waals surface area contributed by atoms with Crippen LogP contribution in [0.25, 0.3) is 6.08 Å². The SMILES string of the molecule is Cc1ccc(CO)c(/C=C/C=C(\C#N)C(=O)OCP(=O)(O)O)c1. The van der Waals surface area contributed by atoms with Crippen LogP contribution in [-0.4, -0.2) is 27.2 Å². The molecule has 3 N–H and O–H groups in total. The molecule has 0 radical (unpaired) electrons. The molecule has 0 amide bonds. The van der Waals surface area contributed by atoms with E-state index in [1.165, 1.54) is 12.2 Å². The van der Waals surface area contributed by atoms with Crippen LogP contribution in [0, 0.1) is 18.3 Å². The number of allylic oxidation sites excluding steroid dienone is 2. The molecular weight excluding hydrogens is 321 g/mol. The molecule has 0 aliphatic heterocycles. The highest BCUT2D eigenvalue weighted by molar-refractivity contribution is 7.51. The Hall–Kier alpha value is -2.23. The summed E-state index contributed by atoms with van der Waals surface area (Å²) in [6.07, 6.45) is 3.12. The Kier molecular flexibility index (Phi) is 6.89. The van der Waals surface area contributed by atoms with E-state index < -0.39 is 25.5 Å². The van der Waals surface area contributed by atoms with Gasteiger partial charge in [0.2, 0.25) is 0 Å². The molecule has 0 aliphatic carbocycles. The zero-order valence-corrected chi connectivity index (χ0v) is 13.2. The molecule has 0 heterocycles. The monoisotopic (exact) mass is 337 g/mol. The number of aliphatic hydroxyl groups is 1. The van der Waals surface area contributed by atoms with Crippen molar-refractivity contribution < 1.29 is 29.0 Å². The molecule has 0 atom stereocenters. The zero-order valence-electron chi connectivity index (χ0n) is 12.3. The van der Waals surface area contributed by atoms with Gasteiger partial charge in [0.25, 0.3) is 0 Å². The predicted octanol–water partition coefficient (Wildman–Crippen LogP) is 1.63. The normalized spacial score (nSPS) is 12.2. The average Bonchev–Trinajstić information content (AvgIpc) is 2.48. The van der Waals surface area contributed by atoms with Gasteiger partial charge in [0.05, 0.1) is 6.61 Å². The second-order valence-electron chi connectivity index (χ2n) is 4.64. The third-order valence-electron chi connectivity index (χ3n) is 2.71. The fourth-order valence-corrected chi connectivity index (χ4v) is 1.92. The number of ether oxygens (including phenoxy) is 1.